The Hall–Kier alpha value is -0.770. The van der Waals surface area contributed by atoms with E-state index in [2.05, 4.69) is 4.90 Å². The number of ether oxygens (including phenoxy) is 1. The molecule has 0 fully saturated rings. The van der Waals surface area contributed by atoms with Gasteiger partial charge in [-0.1, -0.05) is 0 Å². The maximum Gasteiger partial charge on any atom is 0.410 e. The Balaban J connectivity index is 3.80. The number of carbonyl (C=O) groups is 1. The van der Waals surface area contributed by atoms with Crippen molar-refractivity contribution in [1.29, 1.82) is 0 Å². The van der Waals surface area contributed by atoms with Gasteiger partial charge in [-0.15, -0.1) is 0 Å². The van der Waals surface area contributed by atoms with E-state index in [4.69, 9.17) is 4.74 Å². The first kappa shape index (κ1) is 14.2. The smallest absolute Gasteiger partial charge is 0.410 e. The molecule has 1 amide bonds. The molecule has 0 heterocycles. The van der Waals surface area contributed by atoms with Crippen LogP contribution in [0.25, 0.3) is 0 Å². The van der Waals surface area contributed by atoms with Crippen LogP contribution in [0.3, 0.4) is 0 Å². The molecular formula is C11H24N2O2. The van der Waals surface area contributed by atoms with E-state index in [1.54, 1.807) is 11.9 Å². The van der Waals surface area contributed by atoms with Crippen LogP contribution in [0.15, 0.2) is 0 Å². The second-order valence-electron chi connectivity index (χ2n) is 5.06. The van der Waals surface area contributed by atoms with Gasteiger partial charge in [0.1, 0.15) is 5.60 Å². The maximum atomic E-state index is 11.5. The fourth-order valence-electron chi connectivity index (χ4n) is 1.06. The average Bonchev–Trinajstić information content (AvgIpc) is 1.99. The zero-order valence-corrected chi connectivity index (χ0v) is 10.8. The van der Waals surface area contributed by atoms with Crippen LogP contribution >= 0.6 is 0 Å². The highest BCUT2D eigenvalue weighted by Crippen LogP contribution is 2.09. The fourth-order valence-corrected chi connectivity index (χ4v) is 1.06. The summed E-state index contributed by atoms with van der Waals surface area (Å²) in [4.78, 5) is 15.2. The summed E-state index contributed by atoms with van der Waals surface area (Å²) in [5.41, 5.74) is -0.410. The molecule has 90 valence electrons. The lowest BCUT2D eigenvalue weighted by Gasteiger charge is -2.24. The summed E-state index contributed by atoms with van der Waals surface area (Å²) in [6.07, 6.45) is 0.712. The Morgan fingerprint density at radius 1 is 1.13 bits per heavy atom. The van der Waals surface area contributed by atoms with E-state index < -0.39 is 5.60 Å². The minimum Gasteiger partial charge on any atom is -0.444 e. The summed E-state index contributed by atoms with van der Waals surface area (Å²) in [5.74, 6) is 0. The van der Waals surface area contributed by atoms with E-state index in [0.717, 1.165) is 19.5 Å². The summed E-state index contributed by atoms with van der Waals surface area (Å²) in [6.45, 7) is 7.33. The van der Waals surface area contributed by atoms with E-state index >= 15 is 0 Å². The summed E-state index contributed by atoms with van der Waals surface area (Å²) >= 11 is 0. The highest BCUT2D eigenvalue weighted by molar-refractivity contribution is 5.67. The Morgan fingerprint density at radius 2 is 1.67 bits per heavy atom. The molecule has 4 heteroatoms. The number of rotatable bonds is 4. The van der Waals surface area contributed by atoms with E-state index in [1.165, 1.54) is 0 Å². The van der Waals surface area contributed by atoms with Crippen molar-refractivity contribution in [1.82, 2.24) is 9.80 Å². The summed E-state index contributed by atoms with van der Waals surface area (Å²) in [5, 5.41) is 0. The SMILES string of the molecule is CN(C)CCCN(C)C(=O)OC(C)(C)C. The lowest BCUT2D eigenvalue weighted by Crippen LogP contribution is -2.35. The van der Waals surface area contributed by atoms with E-state index in [0.29, 0.717) is 0 Å². The van der Waals surface area contributed by atoms with Gasteiger partial charge in [0.25, 0.3) is 0 Å². The zero-order valence-electron chi connectivity index (χ0n) is 10.8. The quantitative estimate of drug-likeness (QED) is 0.718. The molecule has 0 aliphatic rings. The van der Waals surface area contributed by atoms with Crippen molar-refractivity contribution in [3.63, 3.8) is 0 Å². The second kappa shape index (κ2) is 5.95. The van der Waals surface area contributed by atoms with Gasteiger partial charge in [-0.2, -0.15) is 0 Å². The van der Waals surface area contributed by atoms with Gasteiger partial charge in [0.2, 0.25) is 0 Å². The molecule has 0 bridgehead atoms. The lowest BCUT2D eigenvalue weighted by atomic mass is 10.2. The van der Waals surface area contributed by atoms with Crippen LogP contribution in [0, 0.1) is 0 Å². The molecule has 4 nitrogen and oxygen atoms in total. The van der Waals surface area contributed by atoms with Crippen molar-refractivity contribution in [2.75, 3.05) is 34.2 Å². The Bertz CT molecular complexity index is 197. The Kier molecular flexibility index (Phi) is 5.65. The van der Waals surface area contributed by atoms with Crippen LogP contribution in [0.1, 0.15) is 27.2 Å². The summed E-state index contributed by atoms with van der Waals surface area (Å²) in [6, 6.07) is 0. The average molecular weight is 216 g/mol. The minimum absolute atomic E-state index is 0.249. The van der Waals surface area contributed by atoms with Gasteiger partial charge in [0, 0.05) is 13.6 Å². The molecular weight excluding hydrogens is 192 g/mol. The second-order valence-corrected chi connectivity index (χ2v) is 5.06. The first-order valence-electron chi connectivity index (χ1n) is 5.31. The van der Waals surface area contributed by atoms with Gasteiger partial charge in [0.05, 0.1) is 0 Å². The largest absolute Gasteiger partial charge is 0.444 e. The topological polar surface area (TPSA) is 32.8 Å². The number of hydrogen-bond donors (Lipinski definition) is 0. The minimum atomic E-state index is -0.410. The third-order valence-electron chi connectivity index (χ3n) is 1.80. The molecule has 0 radical (unpaired) electrons. The molecule has 0 unspecified atom stereocenters. The first-order valence-corrected chi connectivity index (χ1v) is 5.31. The summed E-state index contributed by atoms with van der Waals surface area (Å²) in [7, 11) is 5.81. The monoisotopic (exact) mass is 216 g/mol. The zero-order chi connectivity index (χ0) is 12.1. The normalized spacial score (nSPS) is 11.7. The van der Waals surface area contributed by atoms with Crippen LogP contribution < -0.4 is 0 Å². The molecule has 0 atom stereocenters. The molecule has 0 aliphatic heterocycles. The molecule has 0 spiro atoms. The third-order valence-corrected chi connectivity index (χ3v) is 1.80. The molecule has 0 aromatic carbocycles. The fraction of sp³-hybridized carbons (Fsp3) is 0.909. The molecule has 0 N–H and O–H groups in total. The molecule has 0 saturated carbocycles. The first-order chi connectivity index (χ1) is 6.72. The standard InChI is InChI=1S/C11H24N2O2/c1-11(2,3)15-10(14)13(6)9-7-8-12(4)5/h7-9H2,1-6H3. The predicted molar refractivity (Wildman–Crippen MR) is 62.0 cm³/mol. The van der Waals surface area contributed by atoms with Gasteiger partial charge in [0.15, 0.2) is 0 Å². The van der Waals surface area contributed by atoms with Crippen LogP contribution in [0.2, 0.25) is 0 Å². The Labute approximate surface area is 93.2 Å². The number of nitrogens with zero attached hydrogens (tertiary/aromatic N) is 2. The van der Waals surface area contributed by atoms with Crippen molar-refractivity contribution in [3.05, 3.63) is 0 Å². The Morgan fingerprint density at radius 3 is 2.07 bits per heavy atom. The molecule has 0 aromatic heterocycles. The van der Waals surface area contributed by atoms with Gasteiger partial charge in [-0.05, 0) is 47.8 Å². The lowest BCUT2D eigenvalue weighted by molar-refractivity contribution is 0.0294. The third kappa shape index (κ3) is 8.24. The number of amides is 1. The number of hydrogen-bond acceptors (Lipinski definition) is 3. The van der Waals surface area contributed by atoms with Crippen LogP contribution in [-0.4, -0.2) is 55.7 Å². The van der Waals surface area contributed by atoms with Crippen molar-refractivity contribution in [3.8, 4) is 0 Å². The molecule has 0 aromatic rings. The van der Waals surface area contributed by atoms with Crippen LogP contribution in [0.4, 0.5) is 4.79 Å². The van der Waals surface area contributed by atoms with Crippen molar-refractivity contribution >= 4 is 6.09 Å². The number of carbonyl (C=O) groups excluding carboxylic acids is 1. The highest BCUT2D eigenvalue weighted by Gasteiger charge is 2.18. The van der Waals surface area contributed by atoms with Crippen molar-refractivity contribution < 1.29 is 9.53 Å². The molecule has 0 saturated heterocycles. The summed E-state index contributed by atoms with van der Waals surface area (Å²) < 4.78 is 5.23. The van der Waals surface area contributed by atoms with Gasteiger partial charge < -0.3 is 14.5 Å². The maximum absolute atomic E-state index is 11.5. The van der Waals surface area contributed by atoms with E-state index in [-0.39, 0.29) is 6.09 Å². The highest BCUT2D eigenvalue weighted by atomic mass is 16.6. The van der Waals surface area contributed by atoms with Gasteiger partial charge in [-0.25, -0.2) is 4.79 Å². The van der Waals surface area contributed by atoms with Gasteiger partial charge in [-0.3, -0.25) is 0 Å². The van der Waals surface area contributed by atoms with Crippen LogP contribution in [-0.2, 0) is 4.74 Å². The van der Waals surface area contributed by atoms with Gasteiger partial charge >= 0.3 is 6.09 Å². The van der Waals surface area contributed by atoms with Crippen LogP contribution in [0.5, 0.6) is 0 Å². The van der Waals surface area contributed by atoms with Crippen molar-refractivity contribution in [2.45, 2.75) is 32.8 Å². The van der Waals surface area contributed by atoms with Crippen molar-refractivity contribution in [2.24, 2.45) is 0 Å². The molecule has 0 aliphatic carbocycles. The molecule has 0 rings (SSSR count). The van der Waals surface area contributed by atoms with E-state index in [9.17, 15) is 4.79 Å². The van der Waals surface area contributed by atoms with E-state index in [1.807, 2.05) is 34.9 Å². The predicted octanol–water partition coefficient (Wildman–Crippen LogP) is 1.80. The molecule has 15 heavy (non-hydrogen) atoms.